The monoisotopic (exact) mass is 409 g/mol. The van der Waals surface area contributed by atoms with Gasteiger partial charge in [0.05, 0.1) is 23.7 Å². The summed E-state index contributed by atoms with van der Waals surface area (Å²) in [6.45, 7) is 1.88. The molecule has 0 radical (unpaired) electrons. The molecule has 0 saturated carbocycles. The van der Waals surface area contributed by atoms with Crippen LogP contribution in [0.4, 0.5) is 15.9 Å². The van der Waals surface area contributed by atoms with E-state index in [1.165, 1.54) is 18.5 Å². The van der Waals surface area contributed by atoms with Crippen molar-refractivity contribution in [2.45, 2.75) is 19.0 Å². The van der Waals surface area contributed by atoms with E-state index in [1.807, 2.05) is 0 Å². The summed E-state index contributed by atoms with van der Waals surface area (Å²) in [5.74, 6) is -1.06. The molecule has 1 saturated heterocycles. The Labute approximate surface area is 171 Å². The molecule has 10 heteroatoms. The number of nitrogens with one attached hydrogen (secondary N) is 1. The highest BCUT2D eigenvalue weighted by Crippen LogP contribution is 2.30. The molecule has 3 heterocycles. The Hall–Kier alpha value is -3.71. The van der Waals surface area contributed by atoms with Gasteiger partial charge in [-0.2, -0.15) is 10.4 Å². The largest absolute Gasteiger partial charge is 0.451 e. The minimum Gasteiger partial charge on any atom is -0.451 e. The summed E-state index contributed by atoms with van der Waals surface area (Å²) < 4.78 is 19.8. The Kier molecular flexibility index (Phi) is 5.45. The second-order valence-corrected chi connectivity index (χ2v) is 7.17. The average molecular weight is 409 g/mol. The second-order valence-electron chi connectivity index (χ2n) is 7.17. The van der Waals surface area contributed by atoms with Crippen molar-refractivity contribution in [2.75, 3.05) is 18.4 Å². The fraction of sp³-hybridized carbons (Fsp3) is 0.300. The van der Waals surface area contributed by atoms with E-state index >= 15 is 0 Å². The minimum atomic E-state index is -0.636. The molecule has 30 heavy (non-hydrogen) atoms. The van der Waals surface area contributed by atoms with E-state index in [1.54, 1.807) is 29.3 Å². The van der Waals surface area contributed by atoms with Gasteiger partial charge in [-0.05, 0) is 30.7 Å². The van der Waals surface area contributed by atoms with Crippen LogP contribution < -0.4 is 11.1 Å². The number of nitriles is 1. The molecule has 0 spiro atoms. The number of aromatic nitrogens is 3. The zero-order chi connectivity index (χ0) is 21.1. The zero-order valence-electron chi connectivity index (χ0n) is 16.0. The summed E-state index contributed by atoms with van der Waals surface area (Å²) in [6.07, 6.45) is 5.21. The molecule has 2 unspecified atom stereocenters. The fourth-order valence-electron chi connectivity index (χ4n) is 3.64. The van der Waals surface area contributed by atoms with Crippen molar-refractivity contribution >= 4 is 17.4 Å². The third-order valence-corrected chi connectivity index (χ3v) is 5.14. The van der Waals surface area contributed by atoms with E-state index < -0.39 is 5.91 Å². The first-order chi connectivity index (χ1) is 14.5. The summed E-state index contributed by atoms with van der Waals surface area (Å²) >= 11 is 0. The lowest BCUT2D eigenvalue weighted by atomic mass is 9.93. The number of hydrogen-bond donors (Lipinski definition) is 2. The van der Waals surface area contributed by atoms with E-state index in [0.29, 0.717) is 25.2 Å². The summed E-state index contributed by atoms with van der Waals surface area (Å²) in [6, 6.07) is 7.84. The van der Waals surface area contributed by atoms with Gasteiger partial charge in [-0.1, -0.05) is 0 Å². The molecule has 0 bridgehead atoms. The van der Waals surface area contributed by atoms with E-state index in [4.69, 9.17) is 10.2 Å². The van der Waals surface area contributed by atoms with Crippen LogP contribution in [0.3, 0.4) is 0 Å². The number of primary amides is 1. The number of benzene rings is 1. The normalized spacial score (nSPS) is 19.3. The molecule has 2 atom stereocenters. The number of nitrogens with zero attached hydrogens (tertiary/aromatic N) is 5. The smallest absolute Gasteiger partial charge is 0.254 e. The lowest BCUT2D eigenvalue weighted by Crippen LogP contribution is -2.40. The van der Waals surface area contributed by atoms with Crippen LogP contribution in [0.2, 0.25) is 0 Å². The SMILES string of the molecule is N#CC1CN(Cc2cocn2)CCC1n1cc(C(N)=O)c(Nc2ccc(F)cc2)n1. The number of amides is 1. The van der Waals surface area contributed by atoms with Crippen molar-refractivity contribution in [1.82, 2.24) is 19.7 Å². The molecule has 154 valence electrons. The van der Waals surface area contributed by atoms with Gasteiger partial charge >= 0.3 is 0 Å². The highest BCUT2D eigenvalue weighted by atomic mass is 19.1. The highest BCUT2D eigenvalue weighted by molar-refractivity contribution is 5.98. The van der Waals surface area contributed by atoms with Crippen LogP contribution in [0.25, 0.3) is 0 Å². The Balaban J connectivity index is 1.53. The van der Waals surface area contributed by atoms with Gasteiger partial charge in [0.25, 0.3) is 5.91 Å². The Morgan fingerprint density at radius 3 is 2.87 bits per heavy atom. The standard InChI is InChI=1S/C20H20FN7O2/c21-14-1-3-15(4-2-14)25-20-17(19(23)29)10-28(26-20)18-5-6-27(8-13(18)7-22)9-16-11-30-12-24-16/h1-4,10-13,18H,5-6,8-9H2,(H2,23,29)(H,25,26). The summed E-state index contributed by atoms with van der Waals surface area (Å²) in [5, 5.41) is 17.2. The van der Waals surface area contributed by atoms with Crippen LogP contribution in [-0.4, -0.2) is 38.7 Å². The third-order valence-electron chi connectivity index (χ3n) is 5.14. The molecular weight excluding hydrogens is 389 g/mol. The van der Waals surface area contributed by atoms with Crippen LogP contribution in [0.1, 0.15) is 28.5 Å². The number of anilines is 2. The van der Waals surface area contributed by atoms with Crippen LogP contribution in [0, 0.1) is 23.1 Å². The van der Waals surface area contributed by atoms with Crippen molar-refractivity contribution in [2.24, 2.45) is 11.7 Å². The van der Waals surface area contributed by atoms with Crippen LogP contribution in [-0.2, 0) is 6.54 Å². The average Bonchev–Trinajstić information content (AvgIpc) is 3.39. The van der Waals surface area contributed by atoms with Crippen LogP contribution in [0.5, 0.6) is 0 Å². The van der Waals surface area contributed by atoms with Gasteiger partial charge in [-0.3, -0.25) is 14.4 Å². The quantitative estimate of drug-likeness (QED) is 0.640. The number of halogens is 1. The lowest BCUT2D eigenvalue weighted by Gasteiger charge is -2.34. The Bertz CT molecular complexity index is 1060. The maximum Gasteiger partial charge on any atom is 0.254 e. The molecule has 1 aliphatic rings. The maximum absolute atomic E-state index is 13.1. The molecule has 0 aliphatic carbocycles. The fourth-order valence-corrected chi connectivity index (χ4v) is 3.64. The summed E-state index contributed by atoms with van der Waals surface area (Å²) in [5.41, 5.74) is 7.11. The topological polar surface area (TPSA) is 126 Å². The van der Waals surface area contributed by atoms with Crippen molar-refractivity contribution < 1.29 is 13.6 Å². The Morgan fingerprint density at radius 2 is 2.20 bits per heavy atom. The number of oxazole rings is 1. The van der Waals surface area contributed by atoms with Gasteiger partial charge in [-0.15, -0.1) is 0 Å². The molecule has 1 fully saturated rings. The summed E-state index contributed by atoms with van der Waals surface area (Å²) in [7, 11) is 0. The first-order valence-corrected chi connectivity index (χ1v) is 9.44. The molecule has 3 N–H and O–H groups in total. The van der Waals surface area contributed by atoms with Crippen molar-refractivity contribution in [3.05, 3.63) is 60.2 Å². The van der Waals surface area contributed by atoms with Crippen LogP contribution >= 0.6 is 0 Å². The number of piperidine rings is 1. The molecular formula is C20H20FN7O2. The maximum atomic E-state index is 13.1. The highest BCUT2D eigenvalue weighted by Gasteiger charge is 2.32. The van der Waals surface area contributed by atoms with Gasteiger partial charge in [0.2, 0.25) is 0 Å². The van der Waals surface area contributed by atoms with Gasteiger partial charge in [0.1, 0.15) is 17.6 Å². The first-order valence-electron chi connectivity index (χ1n) is 9.44. The molecule has 3 aromatic rings. The van der Waals surface area contributed by atoms with Crippen molar-refractivity contribution in [1.29, 1.82) is 5.26 Å². The number of carbonyl (C=O) groups excluding carboxylic acids is 1. The van der Waals surface area contributed by atoms with Crippen LogP contribution in [0.15, 0.2) is 47.5 Å². The number of carbonyl (C=O) groups is 1. The van der Waals surface area contributed by atoms with E-state index in [0.717, 1.165) is 12.2 Å². The van der Waals surface area contributed by atoms with Crippen molar-refractivity contribution in [3.8, 4) is 6.07 Å². The number of likely N-dealkylation sites (tertiary alicyclic amines) is 1. The predicted molar refractivity (Wildman–Crippen MR) is 105 cm³/mol. The number of hydrogen-bond acceptors (Lipinski definition) is 7. The zero-order valence-corrected chi connectivity index (χ0v) is 16.0. The molecule has 1 aromatic carbocycles. The third kappa shape index (κ3) is 4.16. The Morgan fingerprint density at radius 1 is 1.40 bits per heavy atom. The lowest BCUT2D eigenvalue weighted by molar-refractivity contribution is 0.100. The molecule has 2 aromatic heterocycles. The van der Waals surface area contributed by atoms with E-state index in [-0.39, 0.29) is 29.2 Å². The van der Waals surface area contributed by atoms with Gasteiger partial charge < -0.3 is 15.5 Å². The van der Waals surface area contributed by atoms with Gasteiger partial charge in [-0.25, -0.2) is 9.37 Å². The summed E-state index contributed by atoms with van der Waals surface area (Å²) in [4.78, 5) is 18.2. The van der Waals surface area contributed by atoms with Gasteiger partial charge in [0, 0.05) is 31.5 Å². The molecule has 9 nitrogen and oxygen atoms in total. The second kappa shape index (κ2) is 8.34. The number of rotatable bonds is 6. The van der Waals surface area contributed by atoms with E-state index in [2.05, 4.69) is 26.4 Å². The number of nitrogens with two attached hydrogens (primary N) is 1. The van der Waals surface area contributed by atoms with Crippen molar-refractivity contribution in [3.63, 3.8) is 0 Å². The first kappa shape index (κ1) is 19.6. The van der Waals surface area contributed by atoms with E-state index in [9.17, 15) is 14.4 Å². The predicted octanol–water partition coefficient (Wildman–Crippen LogP) is 2.44. The molecule has 1 aliphatic heterocycles. The van der Waals surface area contributed by atoms with Gasteiger partial charge in [0.15, 0.2) is 12.2 Å². The minimum absolute atomic E-state index is 0.203. The molecule has 4 rings (SSSR count). The molecule has 1 amide bonds.